The van der Waals surface area contributed by atoms with Crippen molar-refractivity contribution in [1.29, 1.82) is 0 Å². The summed E-state index contributed by atoms with van der Waals surface area (Å²) in [4.78, 5) is 11.7. The summed E-state index contributed by atoms with van der Waals surface area (Å²) < 4.78 is 0. The molecule has 3 atom stereocenters. The van der Waals surface area contributed by atoms with Gasteiger partial charge in [0.1, 0.15) is 0 Å². The average molecular weight is 213 g/mol. The molecule has 1 fully saturated rings. The van der Waals surface area contributed by atoms with E-state index < -0.39 is 0 Å². The van der Waals surface area contributed by atoms with Gasteiger partial charge in [-0.3, -0.25) is 4.79 Å². The van der Waals surface area contributed by atoms with Gasteiger partial charge in [0.25, 0.3) is 0 Å². The van der Waals surface area contributed by atoms with Crippen molar-refractivity contribution in [1.82, 2.24) is 10.6 Å². The van der Waals surface area contributed by atoms with Crippen LogP contribution in [0.1, 0.15) is 33.1 Å². The van der Waals surface area contributed by atoms with Crippen LogP contribution in [0.3, 0.4) is 0 Å². The van der Waals surface area contributed by atoms with Gasteiger partial charge >= 0.3 is 0 Å². The topological polar surface area (TPSA) is 67.2 Å². The van der Waals surface area contributed by atoms with E-state index in [1.807, 2.05) is 6.92 Å². The Kier molecular flexibility index (Phi) is 5.05. The first-order chi connectivity index (χ1) is 7.15. The molecular weight excluding hydrogens is 190 g/mol. The van der Waals surface area contributed by atoms with Crippen LogP contribution >= 0.6 is 0 Å². The second-order valence-electron chi connectivity index (χ2n) is 4.46. The number of rotatable bonds is 4. The van der Waals surface area contributed by atoms with Crippen LogP contribution in [0.25, 0.3) is 0 Å². The zero-order chi connectivity index (χ0) is 11.3. The van der Waals surface area contributed by atoms with Gasteiger partial charge in [-0.05, 0) is 25.3 Å². The number of carbonyl (C=O) groups excluding carboxylic acids is 1. The molecule has 1 aliphatic heterocycles. The summed E-state index contributed by atoms with van der Waals surface area (Å²) in [6, 6.07) is -0.0988. The van der Waals surface area contributed by atoms with Crippen molar-refractivity contribution >= 4 is 5.91 Å². The van der Waals surface area contributed by atoms with Crippen LogP contribution in [0.5, 0.6) is 0 Å². The fourth-order valence-electron chi connectivity index (χ4n) is 1.78. The maximum Gasteiger partial charge on any atom is 0.237 e. The van der Waals surface area contributed by atoms with Crippen LogP contribution < -0.4 is 16.4 Å². The standard InChI is InChI=1S/C11H23N3O/c1-3-8(2)10(12)11(15)14-9-5-4-6-13-7-9/h8-10,13H,3-7,12H2,1-2H3,(H,14,15). The smallest absolute Gasteiger partial charge is 0.237 e. The highest BCUT2D eigenvalue weighted by molar-refractivity contribution is 5.82. The summed E-state index contributed by atoms with van der Waals surface area (Å²) in [6.07, 6.45) is 3.13. The molecule has 0 aromatic carbocycles. The summed E-state index contributed by atoms with van der Waals surface area (Å²) in [7, 11) is 0. The lowest BCUT2D eigenvalue weighted by Crippen LogP contribution is -2.52. The van der Waals surface area contributed by atoms with Crippen LogP contribution in [0, 0.1) is 5.92 Å². The van der Waals surface area contributed by atoms with Gasteiger partial charge in [0, 0.05) is 12.6 Å². The number of hydrogen-bond acceptors (Lipinski definition) is 3. The fourth-order valence-corrected chi connectivity index (χ4v) is 1.78. The highest BCUT2D eigenvalue weighted by atomic mass is 16.2. The molecule has 3 unspecified atom stereocenters. The lowest BCUT2D eigenvalue weighted by atomic mass is 9.98. The summed E-state index contributed by atoms with van der Waals surface area (Å²) in [5, 5.41) is 6.27. The van der Waals surface area contributed by atoms with Gasteiger partial charge in [0.15, 0.2) is 0 Å². The Hall–Kier alpha value is -0.610. The second kappa shape index (κ2) is 6.08. The highest BCUT2D eigenvalue weighted by Gasteiger charge is 2.22. The van der Waals surface area contributed by atoms with Gasteiger partial charge in [-0.15, -0.1) is 0 Å². The molecule has 4 N–H and O–H groups in total. The van der Waals surface area contributed by atoms with Gasteiger partial charge in [-0.1, -0.05) is 20.3 Å². The van der Waals surface area contributed by atoms with Gasteiger partial charge in [0.05, 0.1) is 6.04 Å². The SMILES string of the molecule is CCC(C)C(N)C(=O)NC1CCCNC1. The number of nitrogens with one attached hydrogen (secondary N) is 2. The Labute approximate surface area is 92.0 Å². The van der Waals surface area contributed by atoms with Gasteiger partial charge in [-0.2, -0.15) is 0 Å². The zero-order valence-electron chi connectivity index (χ0n) is 9.75. The molecule has 1 amide bonds. The number of hydrogen-bond donors (Lipinski definition) is 3. The molecule has 1 heterocycles. The number of amides is 1. The van der Waals surface area contributed by atoms with Gasteiger partial charge in [-0.25, -0.2) is 0 Å². The molecule has 1 rings (SSSR count). The van der Waals surface area contributed by atoms with Crippen molar-refractivity contribution < 1.29 is 4.79 Å². The molecular formula is C11H23N3O. The van der Waals surface area contributed by atoms with E-state index in [-0.39, 0.29) is 23.9 Å². The molecule has 15 heavy (non-hydrogen) atoms. The van der Waals surface area contributed by atoms with Crippen LogP contribution in [0.4, 0.5) is 0 Å². The molecule has 0 aromatic rings. The van der Waals surface area contributed by atoms with E-state index >= 15 is 0 Å². The Morgan fingerprint density at radius 2 is 2.40 bits per heavy atom. The van der Waals surface area contributed by atoms with Crippen molar-refractivity contribution in [2.24, 2.45) is 11.7 Å². The average Bonchev–Trinajstić information content (AvgIpc) is 2.28. The fraction of sp³-hybridized carbons (Fsp3) is 0.909. The first-order valence-electron chi connectivity index (χ1n) is 5.91. The van der Waals surface area contributed by atoms with E-state index in [0.717, 1.165) is 32.4 Å². The van der Waals surface area contributed by atoms with Crippen molar-refractivity contribution in [2.75, 3.05) is 13.1 Å². The quantitative estimate of drug-likeness (QED) is 0.626. The van der Waals surface area contributed by atoms with Gasteiger partial charge in [0.2, 0.25) is 5.91 Å². The van der Waals surface area contributed by atoms with E-state index in [1.54, 1.807) is 0 Å². The molecule has 0 saturated carbocycles. The van der Waals surface area contributed by atoms with E-state index in [2.05, 4.69) is 17.6 Å². The lowest BCUT2D eigenvalue weighted by molar-refractivity contribution is -0.124. The van der Waals surface area contributed by atoms with Crippen molar-refractivity contribution in [3.63, 3.8) is 0 Å². The van der Waals surface area contributed by atoms with Crippen LogP contribution in [0.2, 0.25) is 0 Å². The molecule has 4 nitrogen and oxygen atoms in total. The van der Waals surface area contributed by atoms with Crippen molar-refractivity contribution in [3.8, 4) is 0 Å². The first-order valence-corrected chi connectivity index (χ1v) is 5.91. The monoisotopic (exact) mass is 213 g/mol. The third-order valence-electron chi connectivity index (χ3n) is 3.20. The zero-order valence-corrected chi connectivity index (χ0v) is 9.75. The van der Waals surface area contributed by atoms with E-state index in [9.17, 15) is 4.79 Å². The molecule has 0 aromatic heterocycles. The Bertz CT molecular complexity index is 202. The summed E-state index contributed by atoms with van der Waals surface area (Å²) in [5.41, 5.74) is 5.86. The summed E-state index contributed by atoms with van der Waals surface area (Å²) in [5.74, 6) is 0.250. The molecule has 1 aliphatic rings. The largest absolute Gasteiger partial charge is 0.351 e. The predicted octanol–water partition coefficient (Wildman–Crippen LogP) is 0.228. The van der Waals surface area contributed by atoms with E-state index in [0.29, 0.717) is 0 Å². The summed E-state index contributed by atoms with van der Waals surface area (Å²) in [6.45, 7) is 6.01. The second-order valence-corrected chi connectivity index (χ2v) is 4.46. The number of piperidine rings is 1. The van der Waals surface area contributed by atoms with Crippen LogP contribution in [0.15, 0.2) is 0 Å². The predicted molar refractivity (Wildman–Crippen MR) is 61.5 cm³/mol. The summed E-state index contributed by atoms with van der Waals surface area (Å²) >= 11 is 0. The van der Waals surface area contributed by atoms with Crippen molar-refractivity contribution in [3.05, 3.63) is 0 Å². The maximum absolute atomic E-state index is 11.7. The maximum atomic E-state index is 11.7. The highest BCUT2D eigenvalue weighted by Crippen LogP contribution is 2.07. The van der Waals surface area contributed by atoms with Crippen LogP contribution in [-0.4, -0.2) is 31.1 Å². The normalized spacial score (nSPS) is 25.7. The first kappa shape index (κ1) is 12.5. The Morgan fingerprint density at radius 1 is 1.67 bits per heavy atom. The van der Waals surface area contributed by atoms with E-state index in [4.69, 9.17) is 5.73 Å². The van der Waals surface area contributed by atoms with Gasteiger partial charge < -0.3 is 16.4 Å². The molecule has 0 bridgehead atoms. The molecule has 88 valence electrons. The lowest BCUT2D eigenvalue weighted by Gasteiger charge is -2.26. The number of carbonyl (C=O) groups is 1. The third kappa shape index (κ3) is 3.80. The molecule has 1 saturated heterocycles. The number of nitrogens with two attached hydrogens (primary N) is 1. The molecule has 4 heteroatoms. The minimum absolute atomic E-state index is 0.00181. The molecule has 0 aliphatic carbocycles. The third-order valence-corrected chi connectivity index (χ3v) is 3.20. The Balaban J connectivity index is 2.33. The van der Waals surface area contributed by atoms with Crippen molar-refractivity contribution in [2.45, 2.75) is 45.2 Å². The minimum atomic E-state index is -0.364. The Morgan fingerprint density at radius 3 is 2.93 bits per heavy atom. The minimum Gasteiger partial charge on any atom is -0.351 e. The molecule has 0 radical (unpaired) electrons. The van der Waals surface area contributed by atoms with Crippen LogP contribution in [-0.2, 0) is 4.79 Å². The van der Waals surface area contributed by atoms with E-state index in [1.165, 1.54) is 0 Å². The molecule has 0 spiro atoms.